The predicted octanol–water partition coefficient (Wildman–Crippen LogP) is 2.25. The highest BCUT2D eigenvalue weighted by Crippen LogP contribution is 2.21. The fourth-order valence-corrected chi connectivity index (χ4v) is 3.91. The van der Waals surface area contributed by atoms with Gasteiger partial charge in [-0.3, -0.25) is 4.79 Å². The Bertz CT molecular complexity index is 825. The molecule has 2 aromatic heterocycles. The fraction of sp³-hybridized carbons (Fsp3) is 0.524. The van der Waals surface area contributed by atoms with Crippen molar-refractivity contribution in [3.63, 3.8) is 0 Å². The van der Waals surface area contributed by atoms with Crippen LogP contribution in [0.1, 0.15) is 36.0 Å². The topological polar surface area (TPSA) is 77.5 Å². The van der Waals surface area contributed by atoms with E-state index in [0.717, 1.165) is 63.5 Å². The van der Waals surface area contributed by atoms with Gasteiger partial charge in [-0.25, -0.2) is 9.97 Å². The summed E-state index contributed by atoms with van der Waals surface area (Å²) in [6, 6.07) is 6.13. The number of carbonyl (C=O) groups excluding carboxylic acids is 1. The minimum absolute atomic E-state index is 0.101. The van der Waals surface area contributed by atoms with Crippen molar-refractivity contribution in [2.45, 2.75) is 31.7 Å². The number of rotatable bonds is 5. The highest BCUT2D eigenvalue weighted by Gasteiger charge is 2.23. The summed E-state index contributed by atoms with van der Waals surface area (Å²) < 4.78 is 0. The smallest absolute Gasteiger partial charge is 0.255 e. The number of anilines is 3. The summed E-state index contributed by atoms with van der Waals surface area (Å²) in [6.45, 7) is 3.55. The molecular weight excluding hydrogens is 366 g/mol. The SMILES string of the molecule is CN(C)c1ccnc(NC2CCN(c3ccc(C(=O)N4CCCC4)cn3)CC2)n1. The molecule has 0 saturated carbocycles. The molecule has 1 N–H and O–H groups in total. The Balaban J connectivity index is 1.31. The number of hydrogen-bond donors (Lipinski definition) is 1. The largest absolute Gasteiger partial charge is 0.363 e. The molecule has 154 valence electrons. The summed E-state index contributed by atoms with van der Waals surface area (Å²) in [7, 11) is 3.95. The molecule has 0 aliphatic carbocycles. The lowest BCUT2D eigenvalue weighted by molar-refractivity contribution is 0.0792. The first-order valence-electron chi connectivity index (χ1n) is 10.4. The average molecular weight is 396 g/mol. The molecular formula is C21H29N7O. The minimum Gasteiger partial charge on any atom is -0.363 e. The third-order valence-corrected chi connectivity index (χ3v) is 5.64. The first-order chi connectivity index (χ1) is 14.1. The van der Waals surface area contributed by atoms with Crippen molar-refractivity contribution < 1.29 is 4.79 Å². The zero-order valence-corrected chi connectivity index (χ0v) is 17.2. The van der Waals surface area contributed by atoms with Gasteiger partial charge in [0.1, 0.15) is 11.6 Å². The maximum absolute atomic E-state index is 12.5. The van der Waals surface area contributed by atoms with Crippen LogP contribution in [0.15, 0.2) is 30.6 Å². The van der Waals surface area contributed by atoms with Crippen molar-refractivity contribution >= 4 is 23.5 Å². The molecule has 8 nitrogen and oxygen atoms in total. The third-order valence-electron chi connectivity index (χ3n) is 5.64. The van der Waals surface area contributed by atoms with Crippen LogP contribution in [0.2, 0.25) is 0 Å². The number of nitrogens with one attached hydrogen (secondary N) is 1. The van der Waals surface area contributed by atoms with E-state index >= 15 is 0 Å². The van der Waals surface area contributed by atoms with Crippen LogP contribution in [-0.4, -0.2) is 72.1 Å². The Kier molecular flexibility index (Phi) is 5.78. The van der Waals surface area contributed by atoms with Gasteiger partial charge in [-0.15, -0.1) is 0 Å². The maximum atomic E-state index is 12.5. The van der Waals surface area contributed by atoms with Crippen molar-refractivity contribution in [2.24, 2.45) is 0 Å². The van der Waals surface area contributed by atoms with Crippen LogP contribution in [0.25, 0.3) is 0 Å². The fourth-order valence-electron chi connectivity index (χ4n) is 3.91. The van der Waals surface area contributed by atoms with Crippen LogP contribution in [0.3, 0.4) is 0 Å². The first-order valence-corrected chi connectivity index (χ1v) is 10.4. The molecule has 2 aliphatic rings. The van der Waals surface area contributed by atoms with Crippen LogP contribution in [0.4, 0.5) is 17.6 Å². The van der Waals surface area contributed by atoms with Crippen molar-refractivity contribution in [3.8, 4) is 0 Å². The third kappa shape index (κ3) is 4.58. The second-order valence-electron chi connectivity index (χ2n) is 7.94. The van der Waals surface area contributed by atoms with E-state index in [4.69, 9.17) is 0 Å². The summed E-state index contributed by atoms with van der Waals surface area (Å²) >= 11 is 0. The van der Waals surface area contributed by atoms with E-state index in [-0.39, 0.29) is 5.91 Å². The lowest BCUT2D eigenvalue weighted by Crippen LogP contribution is -2.39. The quantitative estimate of drug-likeness (QED) is 0.832. The molecule has 8 heteroatoms. The van der Waals surface area contributed by atoms with Gasteiger partial charge in [0, 0.05) is 58.7 Å². The number of hydrogen-bond acceptors (Lipinski definition) is 7. The van der Waals surface area contributed by atoms with E-state index in [1.165, 1.54) is 0 Å². The standard InChI is InChI=1S/C21H29N7O/c1-26(2)19-7-10-22-21(25-19)24-17-8-13-27(14-9-17)18-6-5-16(15-23-18)20(29)28-11-3-4-12-28/h5-7,10,15,17H,3-4,8-9,11-14H2,1-2H3,(H,22,24,25). The van der Waals surface area contributed by atoms with Crippen LogP contribution < -0.4 is 15.1 Å². The van der Waals surface area contributed by atoms with Gasteiger partial charge < -0.3 is 20.0 Å². The summed E-state index contributed by atoms with van der Waals surface area (Å²) in [5.74, 6) is 2.61. The molecule has 2 aromatic rings. The van der Waals surface area contributed by atoms with E-state index in [9.17, 15) is 4.79 Å². The Hall–Kier alpha value is -2.90. The second-order valence-corrected chi connectivity index (χ2v) is 7.94. The highest BCUT2D eigenvalue weighted by atomic mass is 16.2. The number of pyridine rings is 1. The van der Waals surface area contributed by atoms with Crippen molar-refractivity contribution in [2.75, 3.05) is 55.4 Å². The molecule has 4 heterocycles. The maximum Gasteiger partial charge on any atom is 0.255 e. The molecule has 0 aromatic carbocycles. The lowest BCUT2D eigenvalue weighted by Gasteiger charge is -2.33. The summed E-state index contributed by atoms with van der Waals surface area (Å²) in [5, 5.41) is 3.46. The lowest BCUT2D eigenvalue weighted by atomic mass is 10.1. The number of likely N-dealkylation sites (tertiary alicyclic amines) is 1. The van der Waals surface area contributed by atoms with E-state index in [1.54, 1.807) is 12.4 Å². The molecule has 1 amide bonds. The first kappa shape index (κ1) is 19.4. The van der Waals surface area contributed by atoms with Gasteiger partial charge in [-0.05, 0) is 43.9 Å². The zero-order chi connectivity index (χ0) is 20.2. The van der Waals surface area contributed by atoms with Crippen LogP contribution in [-0.2, 0) is 0 Å². The van der Waals surface area contributed by atoms with Crippen LogP contribution in [0, 0.1) is 0 Å². The molecule has 2 saturated heterocycles. The normalized spacial score (nSPS) is 17.4. The number of aromatic nitrogens is 3. The van der Waals surface area contributed by atoms with Gasteiger partial charge in [0.15, 0.2) is 0 Å². The molecule has 4 rings (SSSR count). The monoisotopic (exact) mass is 395 g/mol. The highest BCUT2D eigenvalue weighted by molar-refractivity contribution is 5.94. The van der Waals surface area contributed by atoms with E-state index in [2.05, 4.69) is 25.2 Å². The van der Waals surface area contributed by atoms with E-state index < -0.39 is 0 Å². The van der Waals surface area contributed by atoms with Crippen molar-refractivity contribution in [1.82, 2.24) is 19.9 Å². The Morgan fingerprint density at radius 3 is 2.48 bits per heavy atom. The molecule has 0 spiro atoms. The van der Waals surface area contributed by atoms with E-state index in [1.807, 2.05) is 42.1 Å². The van der Waals surface area contributed by atoms with Gasteiger partial charge in [0.2, 0.25) is 5.95 Å². The molecule has 0 atom stereocenters. The molecule has 29 heavy (non-hydrogen) atoms. The van der Waals surface area contributed by atoms with Crippen molar-refractivity contribution in [1.29, 1.82) is 0 Å². The second kappa shape index (κ2) is 8.63. The molecule has 2 fully saturated rings. The number of nitrogens with zero attached hydrogens (tertiary/aromatic N) is 6. The van der Waals surface area contributed by atoms with Gasteiger partial charge >= 0.3 is 0 Å². The van der Waals surface area contributed by atoms with Gasteiger partial charge in [-0.2, -0.15) is 4.98 Å². The molecule has 0 bridgehead atoms. The Morgan fingerprint density at radius 1 is 1.07 bits per heavy atom. The molecule has 0 radical (unpaired) electrons. The number of carbonyl (C=O) groups is 1. The van der Waals surface area contributed by atoms with Gasteiger partial charge in [0.05, 0.1) is 5.56 Å². The van der Waals surface area contributed by atoms with Gasteiger partial charge in [-0.1, -0.05) is 0 Å². The number of amides is 1. The predicted molar refractivity (Wildman–Crippen MR) is 115 cm³/mol. The zero-order valence-electron chi connectivity index (χ0n) is 17.2. The molecule has 0 unspecified atom stereocenters. The van der Waals surface area contributed by atoms with Crippen LogP contribution in [0.5, 0.6) is 0 Å². The number of piperidine rings is 1. The summed E-state index contributed by atoms with van der Waals surface area (Å²) in [6.07, 6.45) is 7.70. The molecule has 2 aliphatic heterocycles. The summed E-state index contributed by atoms with van der Waals surface area (Å²) in [5.41, 5.74) is 0.685. The average Bonchev–Trinajstić information content (AvgIpc) is 3.29. The Morgan fingerprint density at radius 2 is 1.83 bits per heavy atom. The minimum atomic E-state index is 0.101. The van der Waals surface area contributed by atoms with Crippen LogP contribution >= 0.6 is 0 Å². The Labute approximate surface area is 172 Å². The summed E-state index contributed by atoms with van der Waals surface area (Å²) in [4.78, 5) is 32.1. The van der Waals surface area contributed by atoms with E-state index in [0.29, 0.717) is 17.6 Å². The van der Waals surface area contributed by atoms with Crippen molar-refractivity contribution in [3.05, 3.63) is 36.2 Å². The van der Waals surface area contributed by atoms with Gasteiger partial charge in [0.25, 0.3) is 5.91 Å².